The van der Waals surface area contributed by atoms with Gasteiger partial charge in [-0.2, -0.15) is 16.5 Å². The molecule has 14 heavy (non-hydrogen) atoms. The van der Waals surface area contributed by atoms with Crippen LogP contribution in [0.5, 0.6) is 0 Å². The molecule has 1 heterocycles. The molecule has 0 fully saturated rings. The molecule has 4 heteroatoms. The second-order valence-corrected chi connectivity index (χ2v) is 5.37. The summed E-state index contributed by atoms with van der Waals surface area (Å²) in [5, 5.41) is 19.8. The molecule has 0 radical (unpaired) electrons. The molecule has 0 saturated heterocycles. The van der Waals surface area contributed by atoms with E-state index in [1.807, 2.05) is 13.0 Å². The summed E-state index contributed by atoms with van der Waals surface area (Å²) in [7, 11) is 0. The maximum atomic E-state index is 11.2. The van der Waals surface area contributed by atoms with Gasteiger partial charge in [0.2, 0.25) is 0 Å². The van der Waals surface area contributed by atoms with Gasteiger partial charge in [0.1, 0.15) is 0 Å². The molecule has 1 aliphatic rings. The van der Waals surface area contributed by atoms with Gasteiger partial charge in [-0.05, 0) is 19.1 Å². The third-order valence-electron chi connectivity index (χ3n) is 2.26. The number of aliphatic hydroxyl groups excluding tert-OH is 1. The monoisotopic (exact) mass is 215 g/mol. The molecular weight excluding hydrogens is 198 g/mol. The zero-order valence-electron chi connectivity index (χ0n) is 8.69. The number of hydrogen-bond acceptors (Lipinski definition) is 3. The van der Waals surface area contributed by atoms with E-state index in [0.29, 0.717) is 0 Å². The first-order valence-corrected chi connectivity index (χ1v) is 5.80. The van der Waals surface area contributed by atoms with Crippen LogP contribution in [0.1, 0.15) is 26.7 Å². The summed E-state index contributed by atoms with van der Waals surface area (Å²) < 4.78 is 0.953. The Labute approximate surface area is 89.1 Å². The summed E-state index contributed by atoms with van der Waals surface area (Å²) >= 11 is 1.80. The van der Waals surface area contributed by atoms with Gasteiger partial charge in [-0.25, -0.2) is 0 Å². The molecule has 1 aliphatic heterocycles. The molecule has 0 saturated carbocycles. The highest BCUT2D eigenvalue weighted by atomic mass is 32.2. The molecule has 1 N–H and O–H groups in total. The lowest BCUT2D eigenvalue weighted by molar-refractivity contribution is -0.399. The number of hydroxylamine groups is 1. The van der Waals surface area contributed by atoms with E-state index in [9.17, 15) is 5.21 Å². The predicted molar refractivity (Wildman–Crippen MR) is 60.6 cm³/mol. The first-order valence-electron chi connectivity index (χ1n) is 4.81. The van der Waals surface area contributed by atoms with Gasteiger partial charge in [-0.15, -0.1) is 0 Å². The van der Waals surface area contributed by atoms with Gasteiger partial charge < -0.3 is 10.3 Å². The van der Waals surface area contributed by atoms with E-state index < -0.39 is 0 Å². The normalized spacial score (nSPS) is 27.1. The molecule has 1 atom stereocenters. The van der Waals surface area contributed by atoms with Crippen LogP contribution in [0.2, 0.25) is 0 Å². The minimum absolute atomic E-state index is 0.0279. The van der Waals surface area contributed by atoms with Crippen LogP contribution in [0.3, 0.4) is 0 Å². The number of nitrogens with zero attached hydrogens (tertiary/aromatic N) is 1. The molecule has 1 unspecified atom stereocenters. The zero-order chi connectivity index (χ0) is 10.6. The van der Waals surface area contributed by atoms with Crippen LogP contribution in [0, 0.1) is 5.21 Å². The summed E-state index contributed by atoms with van der Waals surface area (Å²) in [5.41, 5.74) is 0.759. The van der Waals surface area contributed by atoms with Crippen molar-refractivity contribution in [1.29, 1.82) is 0 Å². The number of rotatable bonds is 4. The quantitative estimate of drug-likeness (QED) is 0.441. The fraction of sp³-hybridized carbons (Fsp3) is 0.700. The topological polar surface area (TPSA) is 46.3 Å². The van der Waals surface area contributed by atoms with E-state index in [1.54, 1.807) is 18.0 Å². The van der Waals surface area contributed by atoms with Gasteiger partial charge in [0.05, 0.1) is 0 Å². The van der Waals surface area contributed by atoms with Crippen molar-refractivity contribution in [2.75, 3.05) is 12.4 Å². The van der Waals surface area contributed by atoms with Gasteiger partial charge >= 0.3 is 0 Å². The SMILES string of the molecule is CC1=CC(C)(SCCCO)CC=[N+]1[O-]. The van der Waals surface area contributed by atoms with Crippen LogP contribution < -0.4 is 0 Å². The molecular formula is C10H17NO2S. The average Bonchev–Trinajstić information content (AvgIpc) is 2.13. The van der Waals surface area contributed by atoms with Gasteiger partial charge in [0.25, 0.3) is 0 Å². The highest BCUT2D eigenvalue weighted by Gasteiger charge is 2.27. The lowest BCUT2D eigenvalue weighted by Gasteiger charge is -2.26. The highest BCUT2D eigenvalue weighted by Crippen LogP contribution is 2.33. The third kappa shape index (κ3) is 3.03. The summed E-state index contributed by atoms with van der Waals surface area (Å²) in [6.45, 7) is 4.19. The first-order chi connectivity index (χ1) is 6.57. The Bertz CT molecular complexity index is 263. The Balaban J connectivity index is 2.52. The average molecular weight is 215 g/mol. The molecule has 0 amide bonds. The highest BCUT2D eigenvalue weighted by molar-refractivity contribution is 8.00. The van der Waals surface area contributed by atoms with Crippen molar-refractivity contribution < 1.29 is 9.85 Å². The van der Waals surface area contributed by atoms with E-state index in [-0.39, 0.29) is 11.4 Å². The van der Waals surface area contributed by atoms with Gasteiger partial charge in [0, 0.05) is 30.8 Å². The summed E-state index contributed by atoms with van der Waals surface area (Å²) in [5.74, 6) is 0.934. The maximum Gasteiger partial charge on any atom is 0.186 e. The van der Waals surface area contributed by atoms with Gasteiger partial charge in [-0.1, -0.05) is 0 Å². The van der Waals surface area contributed by atoms with Gasteiger partial charge in [-0.3, -0.25) is 0 Å². The van der Waals surface area contributed by atoms with Crippen molar-refractivity contribution >= 4 is 18.0 Å². The number of allylic oxidation sites excluding steroid dienone is 1. The molecule has 80 valence electrons. The Morgan fingerprint density at radius 2 is 2.43 bits per heavy atom. The molecule has 0 bridgehead atoms. The van der Waals surface area contributed by atoms with Crippen LogP contribution in [0.15, 0.2) is 11.8 Å². The summed E-state index contributed by atoms with van der Waals surface area (Å²) in [6.07, 6.45) is 5.28. The smallest absolute Gasteiger partial charge is 0.186 e. The number of hydrogen-bond donors (Lipinski definition) is 1. The number of aliphatic hydroxyl groups is 1. The van der Waals surface area contributed by atoms with E-state index in [1.165, 1.54) is 0 Å². The first kappa shape index (κ1) is 11.6. The van der Waals surface area contributed by atoms with Crippen LogP contribution >= 0.6 is 11.8 Å². The molecule has 3 nitrogen and oxygen atoms in total. The lowest BCUT2D eigenvalue weighted by atomic mass is 10.0. The summed E-state index contributed by atoms with van der Waals surface area (Å²) in [4.78, 5) is 0. The molecule has 0 spiro atoms. The van der Waals surface area contributed by atoms with Crippen molar-refractivity contribution in [2.24, 2.45) is 0 Å². The van der Waals surface area contributed by atoms with E-state index in [0.717, 1.165) is 29.0 Å². The van der Waals surface area contributed by atoms with Crippen LogP contribution in [-0.4, -0.2) is 33.2 Å². The Morgan fingerprint density at radius 3 is 3.00 bits per heavy atom. The van der Waals surface area contributed by atoms with E-state index in [2.05, 4.69) is 6.92 Å². The second-order valence-electron chi connectivity index (χ2n) is 3.74. The standard InChI is InChI=1S/C10H17NO2S/c1-9-8-10(2,4-5-11(9)13)14-7-3-6-12/h5,8,12H,3-4,6-7H2,1-2H3. The van der Waals surface area contributed by atoms with Crippen molar-refractivity contribution in [2.45, 2.75) is 31.4 Å². The Kier molecular flexibility index (Phi) is 4.01. The molecule has 0 aromatic heterocycles. The minimum atomic E-state index is 0.0279. The zero-order valence-corrected chi connectivity index (χ0v) is 9.51. The minimum Gasteiger partial charge on any atom is -0.619 e. The maximum absolute atomic E-state index is 11.2. The Hall–Kier alpha value is -0.480. The largest absolute Gasteiger partial charge is 0.619 e. The van der Waals surface area contributed by atoms with Crippen LogP contribution in [0.25, 0.3) is 0 Å². The third-order valence-corrected chi connectivity index (χ3v) is 3.70. The summed E-state index contributed by atoms with van der Waals surface area (Å²) in [6, 6.07) is 0. The van der Waals surface area contributed by atoms with Crippen molar-refractivity contribution in [1.82, 2.24) is 0 Å². The fourth-order valence-electron chi connectivity index (χ4n) is 1.44. The van der Waals surface area contributed by atoms with Crippen molar-refractivity contribution in [3.8, 4) is 0 Å². The molecule has 1 rings (SSSR count). The van der Waals surface area contributed by atoms with Crippen molar-refractivity contribution in [3.05, 3.63) is 17.0 Å². The van der Waals surface area contributed by atoms with E-state index >= 15 is 0 Å². The lowest BCUT2D eigenvalue weighted by Crippen LogP contribution is -2.26. The molecule has 0 aromatic carbocycles. The van der Waals surface area contributed by atoms with Gasteiger partial charge in [0.15, 0.2) is 11.9 Å². The second kappa shape index (κ2) is 4.84. The molecule has 0 aromatic rings. The van der Waals surface area contributed by atoms with Crippen molar-refractivity contribution in [3.63, 3.8) is 0 Å². The van der Waals surface area contributed by atoms with E-state index in [4.69, 9.17) is 5.11 Å². The van der Waals surface area contributed by atoms with Crippen LogP contribution in [-0.2, 0) is 0 Å². The molecule has 0 aliphatic carbocycles. The number of thioether (sulfide) groups is 1. The predicted octanol–water partition coefficient (Wildman–Crippen LogP) is 1.75. The van der Waals surface area contributed by atoms with Crippen LogP contribution in [0.4, 0.5) is 0 Å². The Morgan fingerprint density at radius 1 is 1.71 bits per heavy atom. The fourth-order valence-corrected chi connectivity index (χ4v) is 2.63.